The topological polar surface area (TPSA) is 64.6 Å². The Hall–Kier alpha value is -2.05. The first-order valence-corrected chi connectivity index (χ1v) is 9.14. The van der Waals surface area contributed by atoms with Crippen LogP contribution in [0.3, 0.4) is 0 Å². The molecule has 0 spiro atoms. The average molecular weight is 349 g/mol. The Morgan fingerprint density at radius 3 is 2.33 bits per heavy atom. The van der Waals surface area contributed by atoms with Crippen LogP contribution in [0.4, 0.5) is 0 Å². The van der Waals surface area contributed by atoms with Crippen LogP contribution in [0.2, 0.25) is 0 Å². The van der Waals surface area contributed by atoms with E-state index in [0.29, 0.717) is 17.7 Å². The number of hydrogen-bond acceptors (Lipinski definition) is 4. The van der Waals surface area contributed by atoms with Crippen molar-refractivity contribution in [2.45, 2.75) is 31.2 Å². The fraction of sp³-hybridized carbons (Fsp3) is 0.333. The normalized spacial score (nSPS) is 12.7. The Morgan fingerprint density at radius 1 is 1.04 bits per heavy atom. The standard InChI is InChI=1S/C18H23NO4S/c1-13-10-17(23-4)8-9-18(13)24(20,21)19-14(2)11-15-6-5-7-16(12-15)22-3/h5-10,12,14,19H,11H2,1-4H3. The average Bonchev–Trinajstić information content (AvgIpc) is 2.53. The number of hydrogen-bond donors (Lipinski definition) is 1. The van der Waals surface area contributed by atoms with Crippen LogP contribution in [0.1, 0.15) is 18.1 Å². The second kappa shape index (κ2) is 7.68. The Morgan fingerprint density at radius 2 is 1.71 bits per heavy atom. The van der Waals surface area contributed by atoms with Crippen LogP contribution in [0.15, 0.2) is 47.4 Å². The lowest BCUT2D eigenvalue weighted by molar-refractivity contribution is 0.414. The lowest BCUT2D eigenvalue weighted by Gasteiger charge is -2.16. The molecular weight excluding hydrogens is 326 g/mol. The van der Waals surface area contributed by atoms with E-state index < -0.39 is 10.0 Å². The van der Waals surface area contributed by atoms with Crippen molar-refractivity contribution >= 4 is 10.0 Å². The van der Waals surface area contributed by atoms with Gasteiger partial charge in [0.05, 0.1) is 19.1 Å². The van der Waals surface area contributed by atoms with E-state index >= 15 is 0 Å². The number of methoxy groups -OCH3 is 2. The highest BCUT2D eigenvalue weighted by molar-refractivity contribution is 7.89. The minimum atomic E-state index is -3.59. The van der Waals surface area contributed by atoms with Gasteiger partial charge in [-0.25, -0.2) is 13.1 Å². The van der Waals surface area contributed by atoms with Gasteiger partial charge in [-0.3, -0.25) is 0 Å². The van der Waals surface area contributed by atoms with E-state index in [1.54, 1.807) is 39.3 Å². The van der Waals surface area contributed by atoms with Gasteiger partial charge in [0, 0.05) is 6.04 Å². The van der Waals surface area contributed by atoms with Crippen LogP contribution in [-0.4, -0.2) is 28.7 Å². The first-order chi connectivity index (χ1) is 11.4. The molecule has 0 heterocycles. The molecule has 0 bridgehead atoms. The van der Waals surface area contributed by atoms with Crippen LogP contribution in [-0.2, 0) is 16.4 Å². The van der Waals surface area contributed by atoms with Gasteiger partial charge in [-0.05, 0) is 61.7 Å². The zero-order valence-electron chi connectivity index (χ0n) is 14.4. The van der Waals surface area contributed by atoms with E-state index in [2.05, 4.69) is 4.72 Å². The summed E-state index contributed by atoms with van der Waals surface area (Å²) in [5.74, 6) is 1.39. The van der Waals surface area contributed by atoms with Crippen molar-refractivity contribution in [3.63, 3.8) is 0 Å². The van der Waals surface area contributed by atoms with E-state index in [9.17, 15) is 8.42 Å². The second-order valence-electron chi connectivity index (χ2n) is 5.71. The van der Waals surface area contributed by atoms with Gasteiger partial charge in [0.1, 0.15) is 11.5 Å². The summed E-state index contributed by atoms with van der Waals surface area (Å²) in [7, 11) is -0.426. The minimum Gasteiger partial charge on any atom is -0.497 e. The first kappa shape index (κ1) is 18.3. The number of benzene rings is 2. The molecule has 0 aliphatic rings. The molecule has 1 N–H and O–H groups in total. The highest BCUT2D eigenvalue weighted by Crippen LogP contribution is 2.21. The van der Waals surface area contributed by atoms with E-state index in [0.717, 1.165) is 11.3 Å². The number of nitrogens with one attached hydrogen (secondary N) is 1. The molecule has 24 heavy (non-hydrogen) atoms. The molecule has 2 aromatic rings. The molecule has 0 aliphatic carbocycles. The third kappa shape index (κ3) is 4.49. The number of ether oxygens (including phenoxy) is 2. The molecule has 0 aliphatic heterocycles. The Kier molecular flexibility index (Phi) is 5.85. The third-order valence-electron chi connectivity index (χ3n) is 3.70. The van der Waals surface area contributed by atoms with E-state index in [1.165, 1.54) is 0 Å². The van der Waals surface area contributed by atoms with Crippen molar-refractivity contribution in [2.24, 2.45) is 0 Å². The molecule has 130 valence electrons. The maximum absolute atomic E-state index is 12.6. The van der Waals surface area contributed by atoms with Gasteiger partial charge in [-0.15, -0.1) is 0 Å². The first-order valence-electron chi connectivity index (χ1n) is 7.65. The predicted octanol–water partition coefficient (Wildman–Crippen LogP) is 2.92. The summed E-state index contributed by atoms with van der Waals surface area (Å²) < 4.78 is 38.2. The summed E-state index contributed by atoms with van der Waals surface area (Å²) in [5.41, 5.74) is 1.66. The summed E-state index contributed by atoms with van der Waals surface area (Å²) >= 11 is 0. The highest BCUT2D eigenvalue weighted by Gasteiger charge is 2.20. The zero-order valence-corrected chi connectivity index (χ0v) is 15.2. The quantitative estimate of drug-likeness (QED) is 0.835. The molecule has 0 amide bonds. The number of aryl methyl sites for hydroxylation is 1. The Bertz CT molecular complexity index is 802. The summed E-state index contributed by atoms with van der Waals surface area (Å²) in [4.78, 5) is 0.265. The van der Waals surface area contributed by atoms with Crippen molar-refractivity contribution in [3.05, 3.63) is 53.6 Å². The summed E-state index contributed by atoms with van der Waals surface area (Å²) in [6.07, 6.45) is 0.575. The Balaban J connectivity index is 2.13. The fourth-order valence-corrected chi connectivity index (χ4v) is 4.04. The maximum atomic E-state index is 12.6. The molecule has 0 saturated heterocycles. The van der Waals surface area contributed by atoms with Crippen LogP contribution in [0, 0.1) is 6.92 Å². The van der Waals surface area contributed by atoms with Crippen molar-refractivity contribution in [1.29, 1.82) is 0 Å². The van der Waals surface area contributed by atoms with Crippen LogP contribution < -0.4 is 14.2 Å². The van der Waals surface area contributed by atoms with E-state index in [4.69, 9.17) is 9.47 Å². The molecule has 5 nitrogen and oxygen atoms in total. The monoisotopic (exact) mass is 349 g/mol. The van der Waals surface area contributed by atoms with Crippen LogP contribution in [0.25, 0.3) is 0 Å². The summed E-state index contributed by atoms with van der Waals surface area (Å²) in [6.45, 7) is 3.60. The molecule has 2 aromatic carbocycles. The smallest absolute Gasteiger partial charge is 0.241 e. The molecule has 0 aromatic heterocycles. The van der Waals surface area contributed by atoms with Crippen molar-refractivity contribution in [1.82, 2.24) is 4.72 Å². The van der Waals surface area contributed by atoms with Crippen molar-refractivity contribution < 1.29 is 17.9 Å². The van der Waals surface area contributed by atoms with E-state index in [1.807, 2.05) is 31.2 Å². The van der Waals surface area contributed by atoms with Gasteiger partial charge in [0.25, 0.3) is 0 Å². The van der Waals surface area contributed by atoms with Gasteiger partial charge in [-0.1, -0.05) is 12.1 Å². The largest absolute Gasteiger partial charge is 0.497 e. The summed E-state index contributed by atoms with van der Waals surface area (Å²) in [6, 6.07) is 12.3. The highest BCUT2D eigenvalue weighted by atomic mass is 32.2. The summed E-state index contributed by atoms with van der Waals surface area (Å²) in [5, 5.41) is 0. The zero-order chi connectivity index (χ0) is 17.7. The molecule has 0 radical (unpaired) electrons. The number of sulfonamides is 1. The molecule has 1 unspecified atom stereocenters. The van der Waals surface area contributed by atoms with Crippen LogP contribution >= 0.6 is 0 Å². The minimum absolute atomic E-state index is 0.247. The van der Waals surface area contributed by atoms with Gasteiger partial charge in [-0.2, -0.15) is 0 Å². The fourth-order valence-electron chi connectivity index (χ4n) is 2.57. The SMILES string of the molecule is COc1cccc(CC(C)NS(=O)(=O)c2ccc(OC)cc2C)c1. The maximum Gasteiger partial charge on any atom is 0.241 e. The van der Waals surface area contributed by atoms with Crippen molar-refractivity contribution in [3.8, 4) is 11.5 Å². The van der Waals surface area contributed by atoms with E-state index in [-0.39, 0.29) is 10.9 Å². The molecule has 2 rings (SSSR count). The molecular formula is C18H23NO4S. The molecule has 0 saturated carbocycles. The van der Waals surface area contributed by atoms with Gasteiger partial charge >= 0.3 is 0 Å². The Labute approximate surface area is 143 Å². The van der Waals surface area contributed by atoms with Gasteiger partial charge in [0.2, 0.25) is 10.0 Å². The van der Waals surface area contributed by atoms with Crippen molar-refractivity contribution in [2.75, 3.05) is 14.2 Å². The number of rotatable bonds is 7. The molecule has 1 atom stereocenters. The molecule has 6 heteroatoms. The third-order valence-corrected chi connectivity index (χ3v) is 5.45. The lowest BCUT2D eigenvalue weighted by atomic mass is 10.1. The molecule has 0 fully saturated rings. The van der Waals surface area contributed by atoms with Crippen LogP contribution in [0.5, 0.6) is 11.5 Å². The van der Waals surface area contributed by atoms with Gasteiger partial charge < -0.3 is 9.47 Å². The second-order valence-corrected chi connectivity index (χ2v) is 7.39. The lowest BCUT2D eigenvalue weighted by Crippen LogP contribution is -2.34. The van der Waals surface area contributed by atoms with Gasteiger partial charge in [0.15, 0.2) is 0 Å². The predicted molar refractivity (Wildman–Crippen MR) is 94.2 cm³/mol.